The molecule has 0 aliphatic heterocycles. The Morgan fingerprint density at radius 1 is 1.75 bits per heavy atom. The van der Waals surface area contributed by atoms with Crippen LogP contribution in [-0.2, 0) is 4.79 Å². The first-order valence-electron chi connectivity index (χ1n) is 2.69. The number of carbonyl (C=O) groups excluding carboxylic acids is 1. The van der Waals surface area contributed by atoms with Gasteiger partial charge in [0.05, 0.1) is 5.97 Å². The van der Waals surface area contributed by atoms with Crippen LogP contribution < -0.4 is 62.2 Å². The van der Waals surface area contributed by atoms with Crippen LogP contribution in [0.4, 0.5) is 5.95 Å². The fourth-order valence-corrected chi connectivity index (χ4v) is 0.966. The maximum Gasteiger partial charge on any atom is 1.00 e. The molecule has 8 heteroatoms. The molecule has 0 saturated heterocycles. The predicted octanol–water partition coefficient (Wildman–Crippen LogP) is -4.77. The third kappa shape index (κ3) is 4.43. The number of H-pyrrole nitrogens is 1. The molecule has 0 bridgehead atoms. The summed E-state index contributed by atoms with van der Waals surface area (Å²) in [6, 6.07) is 0. The summed E-state index contributed by atoms with van der Waals surface area (Å²) in [5.74, 6) is -1.15. The fraction of sp³-hybridized carbons (Fsp3) is 0.250. The van der Waals surface area contributed by atoms with Crippen LogP contribution in [0.2, 0.25) is 0 Å². The number of rotatable bonds is 3. The molecule has 1 aromatic heterocycles. The van der Waals surface area contributed by atoms with Crippen LogP contribution in [0.1, 0.15) is 0 Å². The summed E-state index contributed by atoms with van der Waals surface area (Å²) in [5.41, 5.74) is 5.18. The van der Waals surface area contributed by atoms with Gasteiger partial charge in [0.1, 0.15) is 0 Å². The molecule has 0 amide bonds. The number of nitrogens with one attached hydrogen (secondary N) is 1. The van der Waals surface area contributed by atoms with Crippen LogP contribution in [0, 0.1) is 0 Å². The van der Waals surface area contributed by atoms with Crippen LogP contribution in [0.15, 0.2) is 5.16 Å². The Hall–Kier alpha value is 0.396. The van der Waals surface area contributed by atoms with Gasteiger partial charge in [0.2, 0.25) is 11.1 Å². The second kappa shape index (κ2) is 5.94. The number of nitrogen functional groups attached to an aromatic ring is 1. The molecule has 0 aromatic carbocycles. The van der Waals surface area contributed by atoms with Crippen molar-refractivity contribution in [3.05, 3.63) is 0 Å². The van der Waals surface area contributed by atoms with E-state index >= 15 is 0 Å². The Labute approximate surface area is 115 Å². The Bertz CT molecular complexity index is 265. The molecule has 12 heavy (non-hydrogen) atoms. The van der Waals surface area contributed by atoms with E-state index in [4.69, 9.17) is 5.73 Å². The molecule has 0 spiro atoms. The van der Waals surface area contributed by atoms with E-state index in [-0.39, 0.29) is 63.1 Å². The van der Waals surface area contributed by atoms with Gasteiger partial charge in [-0.3, -0.25) is 0 Å². The van der Waals surface area contributed by atoms with Gasteiger partial charge in [0.25, 0.3) is 0 Å². The minimum Gasteiger partial charge on any atom is -0.549 e. The van der Waals surface area contributed by atoms with Gasteiger partial charge < -0.3 is 15.6 Å². The van der Waals surface area contributed by atoms with Crippen LogP contribution >= 0.6 is 11.8 Å². The van der Waals surface area contributed by atoms with E-state index in [9.17, 15) is 9.90 Å². The van der Waals surface area contributed by atoms with E-state index in [0.29, 0.717) is 5.16 Å². The number of carboxylic acid groups (broad SMARTS) is 1. The van der Waals surface area contributed by atoms with Crippen LogP contribution in [0.3, 0.4) is 0 Å². The number of carboxylic acids is 1. The van der Waals surface area contributed by atoms with Crippen molar-refractivity contribution in [3.8, 4) is 0 Å². The minimum atomic E-state index is -1.15. The summed E-state index contributed by atoms with van der Waals surface area (Å²) in [5, 5.41) is 16.2. The molecule has 0 atom stereocenters. The molecule has 0 radical (unpaired) electrons. The van der Waals surface area contributed by atoms with Crippen molar-refractivity contribution >= 4 is 23.7 Å². The average Bonchev–Trinajstić information content (AvgIpc) is 2.31. The topological polar surface area (TPSA) is 108 Å². The molecular formula is C4H5KN4O2S. The zero-order chi connectivity index (χ0) is 8.27. The van der Waals surface area contributed by atoms with Gasteiger partial charge in [0, 0.05) is 5.75 Å². The Morgan fingerprint density at radius 2 is 2.42 bits per heavy atom. The first-order valence-corrected chi connectivity index (χ1v) is 3.67. The maximum atomic E-state index is 9.95. The molecular weight excluding hydrogens is 207 g/mol. The van der Waals surface area contributed by atoms with Gasteiger partial charge >= 0.3 is 51.4 Å². The molecule has 3 N–H and O–H groups in total. The van der Waals surface area contributed by atoms with Gasteiger partial charge in [-0.1, -0.05) is 11.8 Å². The van der Waals surface area contributed by atoms with Crippen molar-refractivity contribution in [1.82, 2.24) is 15.2 Å². The smallest absolute Gasteiger partial charge is 0.549 e. The third-order valence-corrected chi connectivity index (χ3v) is 1.62. The predicted molar refractivity (Wildman–Crippen MR) is 36.5 cm³/mol. The van der Waals surface area contributed by atoms with Gasteiger partial charge in [-0.25, -0.2) is 5.10 Å². The quantitative estimate of drug-likeness (QED) is 0.385. The molecule has 60 valence electrons. The number of thioether (sulfide) groups is 1. The number of carbonyl (C=O) groups is 1. The monoisotopic (exact) mass is 212 g/mol. The number of aliphatic carboxylic acids is 1. The first kappa shape index (κ1) is 12.4. The van der Waals surface area contributed by atoms with Crippen molar-refractivity contribution < 1.29 is 61.3 Å². The minimum absolute atomic E-state index is 0. The molecule has 1 rings (SSSR count). The number of aromatic amines is 1. The number of nitrogens with zero attached hydrogens (tertiary/aromatic N) is 2. The van der Waals surface area contributed by atoms with Crippen LogP contribution in [-0.4, -0.2) is 26.9 Å². The van der Waals surface area contributed by atoms with Crippen molar-refractivity contribution in [1.29, 1.82) is 0 Å². The van der Waals surface area contributed by atoms with Gasteiger partial charge in [0.15, 0.2) is 0 Å². The molecule has 0 unspecified atom stereocenters. The van der Waals surface area contributed by atoms with E-state index in [2.05, 4.69) is 15.2 Å². The van der Waals surface area contributed by atoms with Crippen molar-refractivity contribution in [2.45, 2.75) is 5.16 Å². The summed E-state index contributed by atoms with van der Waals surface area (Å²) in [7, 11) is 0. The van der Waals surface area contributed by atoms with Gasteiger partial charge in [-0.05, 0) is 0 Å². The summed E-state index contributed by atoms with van der Waals surface area (Å²) in [4.78, 5) is 13.6. The molecule has 0 aliphatic rings. The van der Waals surface area contributed by atoms with E-state index in [0.717, 1.165) is 11.8 Å². The first-order chi connectivity index (χ1) is 5.18. The van der Waals surface area contributed by atoms with Crippen molar-refractivity contribution in [3.63, 3.8) is 0 Å². The fourth-order valence-electron chi connectivity index (χ4n) is 0.446. The summed E-state index contributed by atoms with van der Waals surface area (Å²) in [6.45, 7) is 0. The van der Waals surface area contributed by atoms with E-state index in [1.807, 2.05) is 0 Å². The van der Waals surface area contributed by atoms with Crippen molar-refractivity contribution in [2.75, 3.05) is 11.5 Å². The van der Waals surface area contributed by atoms with Crippen LogP contribution in [0.25, 0.3) is 0 Å². The number of hydrogen-bond acceptors (Lipinski definition) is 6. The van der Waals surface area contributed by atoms with Crippen molar-refractivity contribution in [2.24, 2.45) is 0 Å². The molecule has 1 aromatic rings. The Morgan fingerprint density at radius 3 is 2.83 bits per heavy atom. The van der Waals surface area contributed by atoms with E-state index in [1.165, 1.54) is 0 Å². The molecule has 6 nitrogen and oxygen atoms in total. The molecule has 1 heterocycles. The molecule has 0 saturated carbocycles. The second-order valence-electron chi connectivity index (χ2n) is 1.66. The Balaban J connectivity index is 0.00000121. The largest absolute Gasteiger partial charge is 1.00 e. The molecule has 0 aliphatic carbocycles. The normalized spacial score (nSPS) is 9.00. The Kier molecular flexibility index (Phi) is 6.14. The van der Waals surface area contributed by atoms with E-state index in [1.54, 1.807) is 0 Å². The standard InChI is InChI=1S/C4H6N4O2S.K/c5-3-6-4(8-7-3)11-1-2(9)10;/h1H2,(H,9,10)(H3,5,6,7,8);/q;+1/p-1. The number of anilines is 1. The molecule has 0 fully saturated rings. The van der Waals surface area contributed by atoms with Gasteiger partial charge in [-0.15, -0.1) is 5.10 Å². The zero-order valence-corrected chi connectivity index (χ0v) is 10.3. The third-order valence-electron chi connectivity index (χ3n) is 0.801. The SMILES string of the molecule is Nc1nc(SCC(=O)[O-])n[nH]1.[K+]. The average molecular weight is 212 g/mol. The van der Waals surface area contributed by atoms with Gasteiger partial charge in [-0.2, -0.15) is 4.98 Å². The summed E-state index contributed by atoms with van der Waals surface area (Å²) >= 11 is 0.954. The zero-order valence-electron chi connectivity index (χ0n) is 6.40. The number of hydrogen-bond donors (Lipinski definition) is 2. The summed E-state index contributed by atoms with van der Waals surface area (Å²) in [6.07, 6.45) is 0. The van der Waals surface area contributed by atoms with E-state index < -0.39 is 5.97 Å². The summed E-state index contributed by atoms with van der Waals surface area (Å²) < 4.78 is 0. The number of nitrogens with two attached hydrogens (primary N) is 1. The van der Waals surface area contributed by atoms with Crippen LogP contribution in [0.5, 0.6) is 0 Å². The maximum absolute atomic E-state index is 9.95. The number of aromatic nitrogens is 3. The second-order valence-corrected chi connectivity index (χ2v) is 2.61.